The van der Waals surface area contributed by atoms with E-state index in [0.717, 1.165) is 29.7 Å². The number of anilines is 1. The molecule has 2 saturated heterocycles. The summed E-state index contributed by atoms with van der Waals surface area (Å²) in [6, 6.07) is 1.95. The lowest BCUT2D eigenvalue weighted by molar-refractivity contribution is 0.215. The third-order valence-corrected chi connectivity index (χ3v) is 11.3. The van der Waals surface area contributed by atoms with Crippen LogP contribution < -0.4 is 4.90 Å². The number of sulfonamides is 1. The van der Waals surface area contributed by atoms with Crippen molar-refractivity contribution in [3.63, 3.8) is 0 Å². The lowest BCUT2D eigenvalue weighted by Crippen LogP contribution is -2.60. The number of aromatic nitrogens is 3. The van der Waals surface area contributed by atoms with E-state index in [4.69, 9.17) is 4.74 Å². The van der Waals surface area contributed by atoms with Crippen LogP contribution in [0.2, 0.25) is 0 Å². The van der Waals surface area contributed by atoms with Crippen LogP contribution in [0.15, 0.2) is 18.6 Å². The highest BCUT2D eigenvalue weighted by atomic mass is 32.2. The zero-order chi connectivity index (χ0) is 24.8. The number of piperazine rings is 1. The second-order valence-corrected chi connectivity index (χ2v) is 13.8. The molecule has 1 unspecified atom stereocenters. The van der Waals surface area contributed by atoms with Crippen LogP contribution in [0.5, 0.6) is 0 Å². The Morgan fingerprint density at radius 1 is 1.20 bits per heavy atom. The van der Waals surface area contributed by atoms with E-state index >= 15 is 0 Å². The number of nitrogens with one attached hydrogen (secondary N) is 1. The number of nitrogens with zero attached hydrogens (tertiary/aromatic N) is 6. The van der Waals surface area contributed by atoms with Crippen LogP contribution in [0.3, 0.4) is 0 Å². The lowest BCUT2D eigenvalue weighted by atomic mass is 10.1. The van der Waals surface area contributed by atoms with Gasteiger partial charge in [0.25, 0.3) is 10.2 Å². The number of ether oxygens (including phenoxy) is 1. The Hall–Kier alpha value is -1.84. The number of methoxy groups -OCH3 is 1. The maximum absolute atomic E-state index is 13.6. The maximum Gasteiger partial charge on any atom is 0.282 e. The van der Waals surface area contributed by atoms with Gasteiger partial charge in [0, 0.05) is 59.6 Å². The highest BCUT2D eigenvalue weighted by Gasteiger charge is 2.57. The van der Waals surface area contributed by atoms with Gasteiger partial charge in [0.2, 0.25) is 10.0 Å². The van der Waals surface area contributed by atoms with Crippen LogP contribution in [0.4, 0.5) is 5.82 Å². The molecule has 194 valence electrons. The molecule has 12 nitrogen and oxygen atoms in total. The van der Waals surface area contributed by atoms with Crippen molar-refractivity contribution in [3.8, 4) is 0 Å². The van der Waals surface area contributed by atoms with E-state index in [2.05, 4.69) is 19.9 Å². The van der Waals surface area contributed by atoms with Crippen molar-refractivity contribution in [2.24, 2.45) is 5.92 Å². The van der Waals surface area contributed by atoms with Crippen molar-refractivity contribution in [2.75, 3.05) is 70.7 Å². The molecule has 1 N–H and O–H groups in total. The molecule has 4 heterocycles. The first-order chi connectivity index (χ1) is 16.7. The summed E-state index contributed by atoms with van der Waals surface area (Å²) < 4.78 is 61.6. The molecule has 0 amide bonds. The van der Waals surface area contributed by atoms with Crippen LogP contribution in [0, 0.1) is 5.92 Å². The minimum atomic E-state index is -3.69. The van der Waals surface area contributed by atoms with Crippen LogP contribution >= 0.6 is 0 Å². The van der Waals surface area contributed by atoms with Crippen molar-refractivity contribution < 1.29 is 21.6 Å². The van der Waals surface area contributed by atoms with Gasteiger partial charge in [-0.2, -0.15) is 17.0 Å². The predicted molar refractivity (Wildman–Crippen MR) is 132 cm³/mol. The smallest absolute Gasteiger partial charge is 0.282 e. The Bertz CT molecular complexity index is 1280. The average molecular weight is 528 g/mol. The first-order valence-corrected chi connectivity index (χ1v) is 14.9. The highest BCUT2D eigenvalue weighted by molar-refractivity contribution is 7.89. The molecule has 14 heteroatoms. The van der Waals surface area contributed by atoms with E-state index < -0.39 is 25.8 Å². The third-order valence-electron chi connectivity index (χ3n) is 7.42. The zero-order valence-electron chi connectivity index (χ0n) is 20.1. The molecule has 1 atom stereocenters. The van der Waals surface area contributed by atoms with Gasteiger partial charge in [-0.1, -0.05) is 0 Å². The van der Waals surface area contributed by atoms with Crippen molar-refractivity contribution >= 4 is 37.1 Å². The number of hydrogen-bond acceptors (Lipinski definition) is 8. The SMILES string of the molecule is COCCS(=O)(=O)N1CCC(CN(C)S(=O)(=O)N2CCN(c3ncnc4[nH]ccc34)CC23CC3)C1. The molecular formula is C21H33N7O5S2. The van der Waals surface area contributed by atoms with E-state index in [1.165, 1.54) is 22.0 Å². The van der Waals surface area contributed by atoms with Gasteiger partial charge in [-0.05, 0) is 31.2 Å². The number of aromatic amines is 1. The molecule has 35 heavy (non-hydrogen) atoms. The van der Waals surface area contributed by atoms with Crippen molar-refractivity contribution in [3.05, 3.63) is 18.6 Å². The number of hydrogen-bond donors (Lipinski definition) is 1. The largest absolute Gasteiger partial charge is 0.384 e. The molecule has 3 aliphatic rings. The Kier molecular flexibility index (Phi) is 6.55. The van der Waals surface area contributed by atoms with Crippen LogP contribution in [-0.2, 0) is 25.0 Å². The van der Waals surface area contributed by atoms with Crippen molar-refractivity contribution in [2.45, 2.75) is 24.8 Å². The molecule has 2 aliphatic heterocycles. The Morgan fingerprint density at radius 3 is 2.74 bits per heavy atom. The summed E-state index contributed by atoms with van der Waals surface area (Å²) in [7, 11) is -3.99. The van der Waals surface area contributed by atoms with Crippen LogP contribution in [0.25, 0.3) is 11.0 Å². The average Bonchev–Trinajstić information content (AvgIpc) is 3.23. The van der Waals surface area contributed by atoms with Gasteiger partial charge in [-0.25, -0.2) is 22.7 Å². The first kappa shape index (κ1) is 24.8. The van der Waals surface area contributed by atoms with Gasteiger partial charge in [-0.15, -0.1) is 0 Å². The maximum atomic E-state index is 13.6. The molecule has 1 spiro atoms. The fraction of sp³-hybridized carbons (Fsp3) is 0.714. The molecule has 3 fully saturated rings. The fourth-order valence-corrected chi connectivity index (χ4v) is 8.54. The first-order valence-electron chi connectivity index (χ1n) is 11.9. The summed E-state index contributed by atoms with van der Waals surface area (Å²) in [5.41, 5.74) is 0.342. The second-order valence-electron chi connectivity index (χ2n) is 9.77. The molecule has 1 saturated carbocycles. The Balaban J connectivity index is 1.25. The second kappa shape index (κ2) is 9.23. The summed E-state index contributed by atoms with van der Waals surface area (Å²) in [6.45, 7) is 2.71. The highest BCUT2D eigenvalue weighted by Crippen LogP contribution is 2.47. The number of H-pyrrole nitrogens is 1. The van der Waals surface area contributed by atoms with Crippen molar-refractivity contribution in [1.82, 2.24) is 27.9 Å². The predicted octanol–water partition coefficient (Wildman–Crippen LogP) is 0.0872. The van der Waals surface area contributed by atoms with Gasteiger partial charge >= 0.3 is 0 Å². The molecule has 5 rings (SSSR count). The van der Waals surface area contributed by atoms with Gasteiger partial charge in [0.1, 0.15) is 17.8 Å². The summed E-state index contributed by atoms with van der Waals surface area (Å²) in [5, 5.41) is 0.933. The van der Waals surface area contributed by atoms with Gasteiger partial charge in [-0.3, -0.25) is 0 Å². The topological polar surface area (TPSA) is 132 Å². The number of fused-ring (bicyclic) bond motifs is 1. The summed E-state index contributed by atoms with van der Waals surface area (Å²) >= 11 is 0. The summed E-state index contributed by atoms with van der Waals surface area (Å²) in [6.07, 6.45) is 5.63. The molecule has 2 aromatic rings. The quantitative estimate of drug-likeness (QED) is 0.485. The molecule has 0 bridgehead atoms. The monoisotopic (exact) mass is 527 g/mol. The van der Waals surface area contributed by atoms with Gasteiger partial charge in [0.15, 0.2) is 0 Å². The van der Waals surface area contributed by atoms with E-state index in [1.807, 2.05) is 12.3 Å². The Labute approximate surface area is 206 Å². The van der Waals surface area contributed by atoms with E-state index in [1.54, 1.807) is 11.4 Å². The van der Waals surface area contributed by atoms with Crippen LogP contribution in [-0.4, -0.2) is 116 Å². The van der Waals surface area contributed by atoms with E-state index in [-0.39, 0.29) is 18.3 Å². The van der Waals surface area contributed by atoms with Crippen LogP contribution in [0.1, 0.15) is 19.3 Å². The third kappa shape index (κ3) is 4.67. The fourth-order valence-electron chi connectivity index (χ4n) is 5.31. The summed E-state index contributed by atoms with van der Waals surface area (Å²) in [4.78, 5) is 14.0. The minimum Gasteiger partial charge on any atom is -0.384 e. The zero-order valence-corrected chi connectivity index (χ0v) is 21.8. The molecule has 1 aliphatic carbocycles. The molecule has 2 aromatic heterocycles. The molecule has 0 aromatic carbocycles. The lowest BCUT2D eigenvalue weighted by Gasteiger charge is -2.43. The van der Waals surface area contributed by atoms with Gasteiger partial charge in [0.05, 0.1) is 23.3 Å². The van der Waals surface area contributed by atoms with E-state index in [9.17, 15) is 16.8 Å². The van der Waals surface area contributed by atoms with Crippen molar-refractivity contribution in [1.29, 1.82) is 0 Å². The molecular weight excluding hydrogens is 494 g/mol. The minimum absolute atomic E-state index is 0.0357. The summed E-state index contributed by atoms with van der Waals surface area (Å²) in [5.74, 6) is 0.735. The standard InChI is InChI=1S/C21H33N7O5S2/c1-25(13-17-4-8-27(14-17)34(29,30)12-11-33-2)35(31,32)28-10-9-26(15-21(28)5-6-21)20-18-3-7-22-19(18)23-16-24-20/h3,7,16-17H,4-6,8-15H2,1-2H3,(H,22,23,24). The molecule has 0 radical (unpaired) electrons. The normalized spacial score (nSPS) is 23.6. The Morgan fingerprint density at radius 2 is 2.00 bits per heavy atom. The number of rotatable bonds is 9. The van der Waals surface area contributed by atoms with Gasteiger partial charge < -0.3 is 14.6 Å². The van der Waals surface area contributed by atoms with E-state index in [0.29, 0.717) is 45.7 Å².